The average Bonchev–Trinajstić information content (AvgIpc) is 2.96. The van der Waals surface area contributed by atoms with Gasteiger partial charge >= 0.3 is 0 Å². The largest absolute Gasteiger partial charge is 0.493 e. The SMILES string of the molecule is CC[C@@H]1c2cc(OC)c(OC)cc2[C@H](c2ccc(OC)c(OC)c2)[C@@H]1C. The zero-order valence-electron chi connectivity index (χ0n) is 16.5. The minimum absolute atomic E-state index is 0.287. The van der Waals surface area contributed by atoms with Crippen molar-refractivity contribution in [2.45, 2.75) is 32.1 Å². The zero-order chi connectivity index (χ0) is 18.8. The topological polar surface area (TPSA) is 36.9 Å². The van der Waals surface area contributed by atoms with Crippen LogP contribution in [0.5, 0.6) is 23.0 Å². The van der Waals surface area contributed by atoms with Crippen LogP contribution in [0.3, 0.4) is 0 Å². The Labute approximate surface area is 156 Å². The van der Waals surface area contributed by atoms with Crippen molar-refractivity contribution in [1.29, 1.82) is 0 Å². The molecule has 0 fully saturated rings. The van der Waals surface area contributed by atoms with Crippen LogP contribution in [0.1, 0.15) is 48.8 Å². The Hall–Kier alpha value is -2.36. The molecule has 0 bridgehead atoms. The van der Waals surface area contributed by atoms with Crippen LogP contribution in [0.15, 0.2) is 30.3 Å². The third-order valence-electron chi connectivity index (χ3n) is 5.69. The van der Waals surface area contributed by atoms with Crippen molar-refractivity contribution in [3.05, 3.63) is 47.0 Å². The van der Waals surface area contributed by atoms with E-state index in [1.54, 1.807) is 28.4 Å². The van der Waals surface area contributed by atoms with Gasteiger partial charge in [0.1, 0.15) is 0 Å². The van der Waals surface area contributed by atoms with Gasteiger partial charge in [-0.3, -0.25) is 0 Å². The van der Waals surface area contributed by atoms with Gasteiger partial charge in [0.05, 0.1) is 28.4 Å². The maximum absolute atomic E-state index is 5.56. The third kappa shape index (κ3) is 2.87. The fourth-order valence-corrected chi connectivity index (χ4v) is 4.42. The summed E-state index contributed by atoms with van der Waals surface area (Å²) in [6.07, 6.45) is 1.09. The lowest BCUT2D eigenvalue weighted by molar-refractivity contribution is 0.353. The standard InChI is InChI=1S/C22H28O4/c1-7-15-13(2)22(14-8-9-18(23-3)19(10-14)24-4)17-12-21(26-6)20(25-5)11-16(15)17/h8-13,15,22H,7H2,1-6H3/t13-,15+,22+/m1/s1. The molecule has 0 saturated carbocycles. The van der Waals surface area contributed by atoms with Crippen molar-refractivity contribution < 1.29 is 18.9 Å². The minimum Gasteiger partial charge on any atom is -0.493 e. The molecule has 0 spiro atoms. The molecule has 3 atom stereocenters. The number of hydrogen-bond donors (Lipinski definition) is 0. The van der Waals surface area contributed by atoms with Gasteiger partial charge in [0, 0.05) is 5.92 Å². The molecule has 4 nitrogen and oxygen atoms in total. The van der Waals surface area contributed by atoms with Crippen molar-refractivity contribution in [1.82, 2.24) is 0 Å². The highest BCUT2D eigenvalue weighted by atomic mass is 16.5. The van der Waals surface area contributed by atoms with Gasteiger partial charge in [-0.2, -0.15) is 0 Å². The second kappa shape index (κ2) is 7.48. The quantitative estimate of drug-likeness (QED) is 0.730. The van der Waals surface area contributed by atoms with Crippen LogP contribution in [0, 0.1) is 5.92 Å². The summed E-state index contributed by atoms with van der Waals surface area (Å²) in [5, 5.41) is 0. The number of rotatable bonds is 6. The van der Waals surface area contributed by atoms with Gasteiger partial charge in [0.2, 0.25) is 0 Å². The summed E-state index contributed by atoms with van der Waals surface area (Å²) in [5.74, 6) is 4.34. The van der Waals surface area contributed by atoms with Crippen molar-refractivity contribution in [2.75, 3.05) is 28.4 Å². The van der Waals surface area contributed by atoms with E-state index in [1.807, 2.05) is 6.07 Å². The highest BCUT2D eigenvalue weighted by molar-refractivity contribution is 5.56. The lowest BCUT2D eigenvalue weighted by atomic mass is 9.83. The first-order chi connectivity index (χ1) is 12.6. The predicted molar refractivity (Wildman–Crippen MR) is 103 cm³/mol. The number of fused-ring (bicyclic) bond motifs is 1. The second-order valence-corrected chi connectivity index (χ2v) is 6.80. The van der Waals surface area contributed by atoms with Gasteiger partial charge in [-0.25, -0.2) is 0 Å². The number of ether oxygens (including phenoxy) is 4. The molecule has 0 unspecified atom stereocenters. The predicted octanol–water partition coefficient (Wildman–Crippen LogP) is 5.00. The van der Waals surface area contributed by atoms with Gasteiger partial charge in [-0.15, -0.1) is 0 Å². The molecule has 0 N–H and O–H groups in total. The van der Waals surface area contributed by atoms with Crippen LogP contribution in [0.2, 0.25) is 0 Å². The van der Waals surface area contributed by atoms with Crippen molar-refractivity contribution in [2.24, 2.45) is 5.92 Å². The molecule has 0 aliphatic heterocycles. The Morgan fingerprint density at radius 3 is 1.81 bits per heavy atom. The highest BCUT2D eigenvalue weighted by Gasteiger charge is 2.39. The van der Waals surface area contributed by atoms with Crippen LogP contribution in [0.25, 0.3) is 0 Å². The zero-order valence-corrected chi connectivity index (χ0v) is 16.5. The molecule has 4 heteroatoms. The van der Waals surface area contributed by atoms with E-state index in [1.165, 1.54) is 16.7 Å². The van der Waals surface area contributed by atoms with Gasteiger partial charge in [0.15, 0.2) is 23.0 Å². The van der Waals surface area contributed by atoms with Crippen LogP contribution in [0.4, 0.5) is 0 Å². The average molecular weight is 356 g/mol. The monoisotopic (exact) mass is 356 g/mol. The Kier molecular flexibility index (Phi) is 5.30. The summed E-state index contributed by atoms with van der Waals surface area (Å²) in [6, 6.07) is 10.5. The fraction of sp³-hybridized carbons (Fsp3) is 0.455. The number of benzene rings is 2. The van der Waals surface area contributed by atoms with Gasteiger partial charge in [-0.05, 0) is 59.2 Å². The first kappa shape index (κ1) is 18.4. The highest BCUT2D eigenvalue weighted by Crippen LogP contribution is 2.54. The summed E-state index contributed by atoms with van der Waals surface area (Å²) in [6.45, 7) is 4.58. The Balaban J connectivity index is 2.15. The van der Waals surface area contributed by atoms with Gasteiger partial charge in [0.25, 0.3) is 0 Å². The van der Waals surface area contributed by atoms with Crippen molar-refractivity contribution >= 4 is 0 Å². The summed E-state index contributed by atoms with van der Waals surface area (Å²) in [5.41, 5.74) is 3.91. The number of methoxy groups -OCH3 is 4. The van der Waals surface area contributed by atoms with E-state index in [0.717, 1.165) is 29.4 Å². The molecule has 0 saturated heterocycles. The Bertz CT molecular complexity index is 784. The van der Waals surface area contributed by atoms with Crippen LogP contribution in [-0.4, -0.2) is 28.4 Å². The molecule has 0 aromatic heterocycles. The van der Waals surface area contributed by atoms with Gasteiger partial charge in [-0.1, -0.05) is 19.9 Å². The molecule has 0 amide bonds. The molecule has 2 aromatic carbocycles. The fourth-order valence-electron chi connectivity index (χ4n) is 4.42. The summed E-state index contributed by atoms with van der Waals surface area (Å²) >= 11 is 0. The van der Waals surface area contributed by atoms with Crippen LogP contribution >= 0.6 is 0 Å². The lowest BCUT2D eigenvalue weighted by Crippen LogP contribution is -2.09. The Morgan fingerprint density at radius 2 is 1.27 bits per heavy atom. The van der Waals surface area contributed by atoms with E-state index >= 15 is 0 Å². The molecule has 1 aliphatic carbocycles. The molecule has 3 rings (SSSR count). The molecule has 0 radical (unpaired) electrons. The first-order valence-corrected chi connectivity index (χ1v) is 9.07. The third-order valence-corrected chi connectivity index (χ3v) is 5.69. The smallest absolute Gasteiger partial charge is 0.161 e. The second-order valence-electron chi connectivity index (χ2n) is 6.80. The van der Waals surface area contributed by atoms with E-state index in [9.17, 15) is 0 Å². The maximum Gasteiger partial charge on any atom is 0.161 e. The summed E-state index contributed by atoms with van der Waals surface area (Å²) in [4.78, 5) is 0. The van der Waals surface area contributed by atoms with Crippen LogP contribution < -0.4 is 18.9 Å². The maximum atomic E-state index is 5.56. The first-order valence-electron chi connectivity index (χ1n) is 9.07. The lowest BCUT2D eigenvalue weighted by Gasteiger charge is -2.22. The van der Waals surface area contributed by atoms with E-state index in [-0.39, 0.29) is 5.92 Å². The van der Waals surface area contributed by atoms with E-state index in [4.69, 9.17) is 18.9 Å². The molecule has 1 aliphatic rings. The minimum atomic E-state index is 0.287. The molecule has 26 heavy (non-hydrogen) atoms. The summed E-state index contributed by atoms with van der Waals surface area (Å²) < 4.78 is 22.0. The van der Waals surface area contributed by atoms with Crippen LogP contribution in [-0.2, 0) is 0 Å². The molecule has 0 heterocycles. The molecular formula is C22H28O4. The summed E-state index contributed by atoms with van der Waals surface area (Å²) in [7, 11) is 6.71. The van der Waals surface area contributed by atoms with E-state index in [0.29, 0.717) is 11.8 Å². The van der Waals surface area contributed by atoms with E-state index < -0.39 is 0 Å². The molecule has 140 valence electrons. The van der Waals surface area contributed by atoms with E-state index in [2.05, 4.69) is 38.1 Å². The molecular weight excluding hydrogens is 328 g/mol. The normalized spacial score (nSPS) is 21.2. The van der Waals surface area contributed by atoms with Crippen molar-refractivity contribution in [3.8, 4) is 23.0 Å². The van der Waals surface area contributed by atoms with Gasteiger partial charge < -0.3 is 18.9 Å². The van der Waals surface area contributed by atoms with Crippen molar-refractivity contribution in [3.63, 3.8) is 0 Å². The molecule has 2 aromatic rings. The Morgan fingerprint density at radius 1 is 0.731 bits per heavy atom. The number of hydrogen-bond acceptors (Lipinski definition) is 4.